The molecule has 0 spiro atoms. The number of anilines is 3. The lowest BCUT2D eigenvalue weighted by Gasteiger charge is -2.34. The number of para-hydroxylation sites is 2. The molecular formula is C58H41NO. The molecule has 1 aromatic heterocycles. The van der Waals surface area contributed by atoms with Crippen LogP contribution in [0.3, 0.4) is 0 Å². The first-order valence-electron chi connectivity index (χ1n) is 20.9. The summed E-state index contributed by atoms with van der Waals surface area (Å²) in [6, 6.07) is 78.0. The highest BCUT2D eigenvalue weighted by Crippen LogP contribution is 2.57. The van der Waals surface area contributed by atoms with Gasteiger partial charge in [0.25, 0.3) is 0 Å². The molecule has 0 unspecified atom stereocenters. The molecule has 1 heterocycles. The van der Waals surface area contributed by atoms with Crippen LogP contribution < -0.4 is 4.90 Å². The number of benzene rings is 9. The first-order valence-corrected chi connectivity index (χ1v) is 20.9. The van der Waals surface area contributed by atoms with Crippen molar-refractivity contribution in [3.05, 3.63) is 246 Å². The van der Waals surface area contributed by atoms with E-state index in [0.29, 0.717) is 0 Å². The molecule has 0 bridgehead atoms. The highest BCUT2D eigenvalue weighted by molar-refractivity contribution is 6.09. The van der Waals surface area contributed by atoms with E-state index in [1.165, 1.54) is 55.6 Å². The van der Waals surface area contributed by atoms with Crippen molar-refractivity contribution in [2.24, 2.45) is 0 Å². The fraction of sp³-hybridized carbons (Fsp3) is 0.0690. The summed E-state index contributed by atoms with van der Waals surface area (Å²) >= 11 is 0. The monoisotopic (exact) mass is 767 g/mol. The fourth-order valence-electron chi connectivity index (χ4n) is 10.6. The molecule has 2 nitrogen and oxygen atoms in total. The number of nitrogens with zero attached hydrogens (tertiary/aromatic N) is 1. The molecule has 284 valence electrons. The molecular weight excluding hydrogens is 727 g/mol. The minimum Gasteiger partial charge on any atom is -0.455 e. The second-order valence-electron chi connectivity index (χ2n) is 16.8. The molecule has 2 aliphatic carbocycles. The molecule has 9 aromatic carbocycles. The zero-order valence-electron chi connectivity index (χ0n) is 33.6. The smallest absolute Gasteiger partial charge is 0.143 e. The Morgan fingerprint density at radius 3 is 1.55 bits per heavy atom. The first kappa shape index (κ1) is 34.6. The van der Waals surface area contributed by atoms with Gasteiger partial charge in [-0.2, -0.15) is 0 Å². The lowest BCUT2D eigenvalue weighted by molar-refractivity contribution is 0.660. The number of fused-ring (bicyclic) bond motifs is 9. The quantitative estimate of drug-likeness (QED) is 0.168. The van der Waals surface area contributed by atoms with Crippen molar-refractivity contribution in [3.63, 3.8) is 0 Å². The minimum absolute atomic E-state index is 0.0793. The van der Waals surface area contributed by atoms with Crippen LogP contribution in [-0.2, 0) is 10.8 Å². The van der Waals surface area contributed by atoms with Gasteiger partial charge in [-0.05, 0) is 104 Å². The maximum Gasteiger partial charge on any atom is 0.143 e. The molecule has 2 aliphatic rings. The molecule has 0 aliphatic heterocycles. The van der Waals surface area contributed by atoms with Gasteiger partial charge in [0.1, 0.15) is 11.2 Å². The van der Waals surface area contributed by atoms with Crippen LogP contribution in [0.25, 0.3) is 55.3 Å². The zero-order chi connectivity index (χ0) is 40.0. The van der Waals surface area contributed by atoms with E-state index >= 15 is 0 Å². The minimum atomic E-state index is -0.458. The summed E-state index contributed by atoms with van der Waals surface area (Å²) < 4.78 is 6.48. The third-order valence-corrected chi connectivity index (χ3v) is 13.4. The summed E-state index contributed by atoms with van der Waals surface area (Å²) in [5, 5.41) is 2.27. The second kappa shape index (κ2) is 13.0. The molecule has 60 heavy (non-hydrogen) atoms. The van der Waals surface area contributed by atoms with Crippen LogP contribution in [0.5, 0.6) is 0 Å². The Kier molecular flexibility index (Phi) is 7.52. The largest absolute Gasteiger partial charge is 0.455 e. The van der Waals surface area contributed by atoms with Gasteiger partial charge in [-0.3, -0.25) is 0 Å². The van der Waals surface area contributed by atoms with Crippen LogP contribution in [0, 0.1) is 0 Å². The number of furan rings is 1. The van der Waals surface area contributed by atoms with Crippen molar-refractivity contribution >= 4 is 39.0 Å². The average Bonchev–Trinajstić information content (AvgIpc) is 3.91. The van der Waals surface area contributed by atoms with Crippen LogP contribution in [0.2, 0.25) is 0 Å². The van der Waals surface area contributed by atoms with Gasteiger partial charge in [-0.1, -0.05) is 184 Å². The van der Waals surface area contributed by atoms with E-state index in [4.69, 9.17) is 4.42 Å². The Morgan fingerprint density at radius 1 is 0.367 bits per heavy atom. The topological polar surface area (TPSA) is 16.4 Å². The highest BCUT2D eigenvalue weighted by atomic mass is 16.3. The van der Waals surface area contributed by atoms with Gasteiger partial charge in [-0.25, -0.2) is 0 Å². The van der Waals surface area contributed by atoms with Crippen LogP contribution >= 0.6 is 0 Å². The van der Waals surface area contributed by atoms with Crippen molar-refractivity contribution < 1.29 is 4.42 Å². The van der Waals surface area contributed by atoms with Crippen molar-refractivity contribution in [1.29, 1.82) is 0 Å². The third-order valence-electron chi connectivity index (χ3n) is 13.4. The predicted molar refractivity (Wildman–Crippen MR) is 249 cm³/mol. The van der Waals surface area contributed by atoms with E-state index in [-0.39, 0.29) is 5.41 Å². The fourth-order valence-corrected chi connectivity index (χ4v) is 10.6. The highest BCUT2D eigenvalue weighted by Gasteiger charge is 2.46. The van der Waals surface area contributed by atoms with Gasteiger partial charge >= 0.3 is 0 Å². The SMILES string of the molecule is CC1(C)c2ccccc2-c2cc(N(c3ccc(-c4cccc5c4oc4ccccc45)cc3)c3ccc4c(c3)-c3ccccc3C4(c3ccccc3)c3ccccc3)ccc21. The number of hydrogen-bond donors (Lipinski definition) is 0. The Morgan fingerprint density at radius 2 is 0.850 bits per heavy atom. The Hall–Kier alpha value is -7.42. The Balaban J connectivity index is 1.06. The van der Waals surface area contributed by atoms with Gasteiger partial charge in [0.2, 0.25) is 0 Å². The molecule has 0 saturated carbocycles. The standard InChI is InChI=1S/C58H41NO/c1-57(2)51-25-12-9-20-45(51)49-36-42(32-34-52(49)57)59(41-30-28-38(29-31-41)44-23-15-24-48-47-22-11-14-27-55(47)60-56(44)48)43-33-35-54-50(37-43)46-21-10-13-26-53(46)58(54,39-16-5-3-6-17-39)40-18-7-4-8-19-40/h3-37H,1-2H3. The molecule has 12 rings (SSSR count). The summed E-state index contributed by atoms with van der Waals surface area (Å²) in [5.41, 5.74) is 19.8. The molecule has 2 heteroatoms. The third kappa shape index (κ3) is 4.88. The second-order valence-corrected chi connectivity index (χ2v) is 16.8. The van der Waals surface area contributed by atoms with Gasteiger partial charge in [0.05, 0.1) is 5.41 Å². The lowest BCUT2D eigenvalue weighted by atomic mass is 9.68. The van der Waals surface area contributed by atoms with E-state index in [9.17, 15) is 0 Å². The molecule has 0 fully saturated rings. The predicted octanol–water partition coefficient (Wildman–Crippen LogP) is 15.4. The first-order chi connectivity index (χ1) is 29.5. The maximum atomic E-state index is 6.48. The van der Waals surface area contributed by atoms with Gasteiger partial charge in [0.15, 0.2) is 0 Å². The van der Waals surface area contributed by atoms with E-state index in [2.05, 4.69) is 225 Å². The van der Waals surface area contributed by atoms with E-state index in [0.717, 1.165) is 50.1 Å². The van der Waals surface area contributed by atoms with Crippen LogP contribution in [0.4, 0.5) is 17.1 Å². The van der Waals surface area contributed by atoms with Crippen LogP contribution in [0.1, 0.15) is 47.2 Å². The number of hydrogen-bond acceptors (Lipinski definition) is 2. The molecule has 0 N–H and O–H groups in total. The summed E-state index contributed by atoms with van der Waals surface area (Å²) in [4.78, 5) is 2.44. The number of rotatable bonds is 6. The van der Waals surface area contributed by atoms with Crippen LogP contribution in [-0.4, -0.2) is 0 Å². The average molecular weight is 768 g/mol. The maximum absolute atomic E-state index is 6.48. The molecule has 0 amide bonds. The van der Waals surface area contributed by atoms with Gasteiger partial charge in [-0.15, -0.1) is 0 Å². The molecule has 0 atom stereocenters. The summed E-state index contributed by atoms with van der Waals surface area (Å²) in [6.07, 6.45) is 0. The van der Waals surface area contributed by atoms with E-state index in [1.54, 1.807) is 0 Å². The van der Waals surface area contributed by atoms with Crippen LogP contribution in [0.15, 0.2) is 217 Å². The van der Waals surface area contributed by atoms with Crippen molar-refractivity contribution in [3.8, 4) is 33.4 Å². The Bertz CT molecular complexity index is 3240. The van der Waals surface area contributed by atoms with E-state index in [1.807, 2.05) is 6.07 Å². The van der Waals surface area contributed by atoms with Crippen molar-refractivity contribution in [2.45, 2.75) is 24.7 Å². The molecule has 10 aromatic rings. The normalized spacial score (nSPS) is 14.1. The summed E-state index contributed by atoms with van der Waals surface area (Å²) in [6.45, 7) is 4.69. The van der Waals surface area contributed by atoms with Crippen molar-refractivity contribution in [2.75, 3.05) is 4.90 Å². The van der Waals surface area contributed by atoms with Gasteiger partial charge < -0.3 is 9.32 Å². The molecule has 0 radical (unpaired) electrons. The van der Waals surface area contributed by atoms with E-state index < -0.39 is 5.41 Å². The Labute approximate surface area is 350 Å². The summed E-state index contributed by atoms with van der Waals surface area (Å²) in [5.74, 6) is 0. The summed E-state index contributed by atoms with van der Waals surface area (Å²) in [7, 11) is 0. The van der Waals surface area contributed by atoms with Gasteiger partial charge in [0, 0.05) is 38.8 Å². The van der Waals surface area contributed by atoms with Crippen molar-refractivity contribution in [1.82, 2.24) is 0 Å². The molecule has 0 saturated heterocycles. The lowest BCUT2D eigenvalue weighted by Crippen LogP contribution is -2.28. The zero-order valence-corrected chi connectivity index (χ0v) is 33.6.